The van der Waals surface area contributed by atoms with E-state index in [0.717, 1.165) is 24.6 Å². The van der Waals surface area contributed by atoms with Gasteiger partial charge in [0, 0.05) is 14.1 Å². The maximum atomic E-state index is 5.70. The summed E-state index contributed by atoms with van der Waals surface area (Å²) in [5.74, 6) is 0.998. The fourth-order valence-corrected chi connectivity index (χ4v) is 2.13. The van der Waals surface area contributed by atoms with Crippen molar-refractivity contribution in [3.63, 3.8) is 0 Å². The highest BCUT2D eigenvalue weighted by molar-refractivity contribution is 14.1. The van der Waals surface area contributed by atoms with E-state index in [2.05, 4.69) is 49.1 Å². The minimum absolute atomic E-state index is 0.765. The van der Waals surface area contributed by atoms with Gasteiger partial charge in [0.1, 0.15) is 6.61 Å². The second kappa shape index (κ2) is 3.84. The molecule has 0 aromatic heterocycles. The Hall–Kier alpha value is -0.650. The van der Waals surface area contributed by atoms with Gasteiger partial charge in [-0.25, -0.2) is 0 Å². The van der Waals surface area contributed by atoms with E-state index in [1.54, 1.807) is 0 Å². The average Bonchev–Trinajstić information content (AvgIpc) is 2.17. The smallest absolute Gasteiger partial charge is 0.166 e. The van der Waals surface area contributed by atoms with Gasteiger partial charge in [-0.05, 0) is 12.1 Å². The van der Waals surface area contributed by atoms with Crippen LogP contribution in [0.3, 0.4) is 0 Å². The van der Waals surface area contributed by atoms with E-state index in [-0.39, 0.29) is 0 Å². The standard InChI is InChI=1S/C10H13IN2O/c1-12(2)8-4-3-5-9-10(8)14-7-6-13(9)11/h3-5H,6-7H2,1-2H3. The monoisotopic (exact) mass is 304 g/mol. The van der Waals surface area contributed by atoms with Crippen molar-refractivity contribution in [2.45, 2.75) is 0 Å². The molecule has 0 saturated carbocycles. The molecule has 0 bridgehead atoms. The first kappa shape index (κ1) is 9.89. The number of nitrogens with zero attached hydrogens (tertiary/aromatic N) is 2. The van der Waals surface area contributed by atoms with Crippen molar-refractivity contribution in [2.75, 3.05) is 35.3 Å². The van der Waals surface area contributed by atoms with Crippen molar-refractivity contribution >= 4 is 34.2 Å². The number of fused-ring (bicyclic) bond motifs is 1. The summed E-state index contributed by atoms with van der Waals surface area (Å²) in [5, 5.41) is 0. The molecule has 0 aliphatic carbocycles. The maximum Gasteiger partial charge on any atom is 0.166 e. The van der Waals surface area contributed by atoms with Crippen molar-refractivity contribution in [1.82, 2.24) is 0 Å². The average molecular weight is 304 g/mol. The summed E-state index contributed by atoms with van der Waals surface area (Å²) in [6, 6.07) is 6.23. The molecule has 0 unspecified atom stereocenters. The molecule has 76 valence electrons. The number of hydrogen-bond donors (Lipinski definition) is 0. The zero-order valence-corrected chi connectivity index (χ0v) is 10.5. The molecule has 1 aromatic carbocycles. The molecule has 1 aliphatic rings. The topological polar surface area (TPSA) is 15.7 Å². The third-order valence-electron chi connectivity index (χ3n) is 2.25. The molecule has 3 nitrogen and oxygen atoms in total. The molecule has 0 radical (unpaired) electrons. The number of ether oxygens (including phenoxy) is 1. The second-order valence-electron chi connectivity index (χ2n) is 3.45. The van der Waals surface area contributed by atoms with Crippen LogP contribution < -0.4 is 12.8 Å². The summed E-state index contributed by atoms with van der Waals surface area (Å²) in [4.78, 5) is 2.08. The Morgan fingerprint density at radius 2 is 2.21 bits per heavy atom. The molecular weight excluding hydrogens is 291 g/mol. The third kappa shape index (κ3) is 1.63. The van der Waals surface area contributed by atoms with Gasteiger partial charge in [0.05, 0.1) is 40.8 Å². The number of rotatable bonds is 1. The van der Waals surface area contributed by atoms with Crippen molar-refractivity contribution < 1.29 is 4.74 Å². The van der Waals surface area contributed by atoms with Crippen molar-refractivity contribution in [2.24, 2.45) is 0 Å². The minimum atomic E-state index is 0.765. The molecule has 0 N–H and O–H groups in total. The van der Waals surface area contributed by atoms with Crippen molar-refractivity contribution in [1.29, 1.82) is 0 Å². The van der Waals surface area contributed by atoms with Crippen LogP contribution in [0.5, 0.6) is 5.75 Å². The first-order chi connectivity index (χ1) is 6.70. The first-order valence-electron chi connectivity index (χ1n) is 4.56. The SMILES string of the molecule is CN(C)c1cccc2c1OCCN2I. The zero-order valence-electron chi connectivity index (χ0n) is 8.33. The van der Waals surface area contributed by atoms with E-state index < -0.39 is 0 Å². The molecule has 0 atom stereocenters. The molecule has 14 heavy (non-hydrogen) atoms. The first-order valence-corrected chi connectivity index (χ1v) is 5.53. The Balaban J connectivity index is 2.49. The Kier molecular flexibility index (Phi) is 2.71. The zero-order chi connectivity index (χ0) is 10.1. The molecule has 0 spiro atoms. The minimum Gasteiger partial charge on any atom is -0.487 e. The van der Waals surface area contributed by atoms with Crippen LogP contribution in [0.1, 0.15) is 0 Å². The molecule has 1 aliphatic heterocycles. The lowest BCUT2D eigenvalue weighted by molar-refractivity contribution is 0.320. The highest BCUT2D eigenvalue weighted by Gasteiger charge is 2.19. The number of para-hydroxylation sites is 1. The lowest BCUT2D eigenvalue weighted by Gasteiger charge is -2.29. The van der Waals surface area contributed by atoms with E-state index in [1.165, 1.54) is 5.69 Å². The molecule has 2 rings (SSSR count). The summed E-state index contributed by atoms with van der Waals surface area (Å²) in [7, 11) is 4.07. The Labute approximate surface area is 98.1 Å². The van der Waals surface area contributed by atoms with E-state index in [1.807, 2.05) is 14.1 Å². The van der Waals surface area contributed by atoms with E-state index in [4.69, 9.17) is 4.74 Å². The van der Waals surface area contributed by atoms with Gasteiger partial charge in [-0.3, -0.25) is 0 Å². The lowest BCUT2D eigenvalue weighted by atomic mass is 10.2. The molecule has 1 heterocycles. The highest BCUT2D eigenvalue weighted by atomic mass is 127. The largest absolute Gasteiger partial charge is 0.487 e. The summed E-state index contributed by atoms with van der Waals surface area (Å²) >= 11 is 2.32. The molecule has 0 saturated heterocycles. The summed E-state index contributed by atoms with van der Waals surface area (Å²) in [6.07, 6.45) is 0. The van der Waals surface area contributed by atoms with Gasteiger partial charge >= 0.3 is 0 Å². The Morgan fingerprint density at radius 3 is 2.93 bits per heavy atom. The van der Waals surface area contributed by atoms with Crippen LogP contribution in [0.15, 0.2) is 18.2 Å². The van der Waals surface area contributed by atoms with Crippen LogP contribution in [0.4, 0.5) is 11.4 Å². The van der Waals surface area contributed by atoms with E-state index >= 15 is 0 Å². The predicted molar refractivity (Wildman–Crippen MR) is 67.6 cm³/mol. The second-order valence-corrected chi connectivity index (χ2v) is 4.62. The molecule has 0 amide bonds. The fraction of sp³-hybridized carbons (Fsp3) is 0.400. The molecule has 1 aromatic rings. The summed E-state index contributed by atoms with van der Waals surface area (Å²) in [5.41, 5.74) is 2.31. The van der Waals surface area contributed by atoms with E-state index in [9.17, 15) is 0 Å². The van der Waals surface area contributed by atoms with Gasteiger partial charge in [0.25, 0.3) is 0 Å². The number of anilines is 2. The van der Waals surface area contributed by atoms with Crippen LogP contribution in [0.2, 0.25) is 0 Å². The van der Waals surface area contributed by atoms with Gasteiger partial charge in [0.15, 0.2) is 5.75 Å². The normalized spacial score (nSPS) is 14.6. The fourth-order valence-electron chi connectivity index (χ4n) is 1.55. The van der Waals surface area contributed by atoms with Gasteiger partial charge < -0.3 is 12.8 Å². The Morgan fingerprint density at radius 1 is 1.43 bits per heavy atom. The number of benzene rings is 1. The molecular formula is C10H13IN2O. The lowest BCUT2D eigenvalue weighted by Crippen LogP contribution is -2.25. The predicted octanol–water partition coefficient (Wildman–Crippen LogP) is 2.30. The highest BCUT2D eigenvalue weighted by Crippen LogP contribution is 2.40. The van der Waals surface area contributed by atoms with Gasteiger partial charge in [-0.15, -0.1) is 0 Å². The van der Waals surface area contributed by atoms with Gasteiger partial charge in [-0.2, -0.15) is 0 Å². The quantitative estimate of drug-likeness (QED) is 0.585. The summed E-state index contributed by atoms with van der Waals surface area (Å²) < 4.78 is 7.90. The van der Waals surface area contributed by atoms with Crippen molar-refractivity contribution in [3.8, 4) is 5.75 Å². The van der Waals surface area contributed by atoms with Crippen LogP contribution in [-0.4, -0.2) is 27.2 Å². The number of hydrogen-bond acceptors (Lipinski definition) is 3. The van der Waals surface area contributed by atoms with Crippen LogP contribution in [-0.2, 0) is 0 Å². The summed E-state index contributed by atoms with van der Waals surface area (Å²) in [6.45, 7) is 1.71. The van der Waals surface area contributed by atoms with Gasteiger partial charge in [0.2, 0.25) is 0 Å². The third-order valence-corrected chi connectivity index (χ3v) is 3.25. The van der Waals surface area contributed by atoms with Crippen LogP contribution in [0.25, 0.3) is 0 Å². The number of halogens is 1. The van der Waals surface area contributed by atoms with E-state index in [0.29, 0.717) is 0 Å². The van der Waals surface area contributed by atoms with Crippen LogP contribution in [0, 0.1) is 0 Å². The Bertz CT molecular complexity index is 327. The maximum absolute atomic E-state index is 5.70. The molecule has 4 heteroatoms. The van der Waals surface area contributed by atoms with Crippen LogP contribution >= 0.6 is 22.9 Å². The van der Waals surface area contributed by atoms with Gasteiger partial charge in [-0.1, -0.05) is 6.07 Å². The molecule has 0 fully saturated rings. The van der Waals surface area contributed by atoms with Crippen molar-refractivity contribution in [3.05, 3.63) is 18.2 Å².